The maximum atomic E-state index is 12.1. The zero-order valence-electron chi connectivity index (χ0n) is 20.7. The van der Waals surface area contributed by atoms with Crippen LogP contribution in [0, 0.1) is 6.92 Å². The van der Waals surface area contributed by atoms with Crippen LogP contribution in [-0.4, -0.2) is 51.3 Å². The van der Waals surface area contributed by atoms with Crippen molar-refractivity contribution >= 4 is 58.8 Å². The number of nitrogens with two attached hydrogens (primary N) is 2. The summed E-state index contributed by atoms with van der Waals surface area (Å²) in [5, 5.41) is 8.99. The standard InChI is InChI=1S/C22H25N5O10S3/c1-14-11-18(23)21(37-9-2-10-38(28,29)30)13-20(14)26-25-19-8-5-16(12-22(19)40(34,35)36)27(24)15-3-6-17(7-4-15)39(31,32)33/h3-8,11-13H,2,9-10,23-24H2,1H3,(H,28,29,30)(H,31,32,33)(H,34,35,36)/b26-25-. The number of anilines is 3. The molecule has 0 fully saturated rings. The Balaban J connectivity index is 1.90. The van der Waals surface area contributed by atoms with E-state index in [0.717, 1.165) is 23.2 Å². The van der Waals surface area contributed by atoms with E-state index in [1.807, 2.05) is 0 Å². The van der Waals surface area contributed by atoms with Crippen LogP contribution < -0.4 is 21.3 Å². The number of hydrogen-bond acceptors (Lipinski definition) is 12. The molecule has 0 aliphatic heterocycles. The average molecular weight is 616 g/mol. The van der Waals surface area contributed by atoms with Crippen molar-refractivity contribution in [2.24, 2.45) is 16.1 Å². The second kappa shape index (κ2) is 11.8. The van der Waals surface area contributed by atoms with Gasteiger partial charge in [0.05, 0.1) is 40.0 Å². The van der Waals surface area contributed by atoms with Gasteiger partial charge in [-0.05, 0) is 67.4 Å². The molecule has 0 spiro atoms. The van der Waals surface area contributed by atoms with E-state index in [4.69, 9.17) is 25.4 Å². The maximum Gasteiger partial charge on any atom is 0.296 e. The Kier molecular flexibility index (Phi) is 9.14. The Labute approximate surface area is 230 Å². The van der Waals surface area contributed by atoms with Crippen LogP contribution in [0.1, 0.15) is 12.0 Å². The normalized spacial score (nSPS) is 12.5. The van der Waals surface area contributed by atoms with Gasteiger partial charge in [0.25, 0.3) is 30.4 Å². The van der Waals surface area contributed by atoms with E-state index in [1.54, 1.807) is 6.92 Å². The molecule has 0 unspecified atom stereocenters. The van der Waals surface area contributed by atoms with Crippen LogP contribution in [0.25, 0.3) is 0 Å². The third-order valence-electron chi connectivity index (χ3n) is 5.31. The number of hydrazine groups is 1. The predicted octanol–water partition coefficient (Wildman–Crippen LogP) is 3.15. The topological polar surface area (TPSA) is 252 Å². The van der Waals surface area contributed by atoms with Crippen molar-refractivity contribution in [1.82, 2.24) is 0 Å². The van der Waals surface area contributed by atoms with Gasteiger partial charge in [0.15, 0.2) is 0 Å². The molecule has 0 amide bonds. The van der Waals surface area contributed by atoms with E-state index in [-0.39, 0.29) is 52.1 Å². The van der Waals surface area contributed by atoms with Gasteiger partial charge < -0.3 is 10.5 Å². The number of aryl methyl sites for hydroxylation is 1. The van der Waals surface area contributed by atoms with Gasteiger partial charge >= 0.3 is 0 Å². The lowest BCUT2D eigenvalue weighted by Crippen LogP contribution is -2.25. The van der Waals surface area contributed by atoms with Crippen molar-refractivity contribution in [3.05, 3.63) is 60.2 Å². The first kappa shape index (κ1) is 30.9. The molecule has 0 aliphatic rings. The summed E-state index contributed by atoms with van der Waals surface area (Å²) in [6, 6.07) is 11.3. The Bertz CT molecular complexity index is 1760. The van der Waals surface area contributed by atoms with Gasteiger partial charge in [-0.1, -0.05) is 0 Å². The number of nitrogens with zero attached hydrogens (tertiary/aromatic N) is 3. The van der Waals surface area contributed by atoms with Crippen LogP contribution in [-0.2, 0) is 30.4 Å². The van der Waals surface area contributed by atoms with Gasteiger partial charge in [-0.25, -0.2) is 5.84 Å². The maximum absolute atomic E-state index is 12.1. The Morgan fingerprint density at radius 1 is 0.825 bits per heavy atom. The number of benzene rings is 3. The molecule has 216 valence electrons. The molecule has 0 heterocycles. The molecule has 40 heavy (non-hydrogen) atoms. The molecule has 0 saturated heterocycles. The van der Waals surface area contributed by atoms with E-state index in [0.29, 0.717) is 5.56 Å². The average Bonchev–Trinajstić information content (AvgIpc) is 2.85. The zero-order chi connectivity index (χ0) is 29.9. The lowest BCUT2D eigenvalue weighted by atomic mass is 10.1. The number of hydrogen-bond donors (Lipinski definition) is 5. The Morgan fingerprint density at radius 2 is 1.43 bits per heavy atom. The fourth-order valence-electron chi connectivity index (χ4n) is 3.33. The smallest absolute Gasteiger partial charge is 0.296 e. The van der Waals surface area contributed by atoms with Gasteiger partial charge in [-0.2, -0.15) is 30.4 Å². The SMILES string of the molecule is Cc1cc(N)c(OCCCS(=O)(=O)O)cc1/N=N\c1ccc(N(N)c2ccc(S(=O)(=O)O)cc2)cc1S(=O)(=O)O. The summed E-state index contributed by atoms with van der Waals surface area (Å²) >= 11 is 0. The van der Waals surface area contributed by atoms with Crippen LogP contribution >= 0.6 is 0 Å². The molecule has 0 aromatic heterocycles. The summed E-state index contributed by atoms with van der Waals surface area (Å²) in [5.74, 6) is 5.69. The van der Waals surface area contributed by atoms with Crippen LogP contribution in [0.2, 0.25) is 0 Å². The zero-order valence-corrected chi connectivity index (χ0v) is 23.2. The molecule has 0 atom stereocenters. The van der Waals surface area contributed by atoms with Gasteiger partial charge in [0.1, 0.15) is 16.3 Å². The second-order valence-electron chi connectivity index (χ2n) is 8.33. The van der Waals surface area contributed by atoms with Crippen molar-refractivity contribution in [1.29, 1.82) is 0 Å². The van der Waals surface area contributed by atoms with Crippen molar-refractivity contribution < 1.29 is 43.6 Å². The summed E-state index contributed by atoms with van der Waals surface area (Å²) in [6.45, 7) is 1.57. The highest BCUT2D eigenvalue weighted by atomic mass is 32.2. The highest BCUT2D eigenvalue weighted by Gasteiger charge is 2.19. The first-order valence-electron chi connectivity index (χ1n) is 11.1. The molecule has 7 N–H and O–H groups in total. The minimum atomic E-state index is -4.82. The number of nitrogen functional groups attached to an aromatic ring is 1. The molecule has 0 radical (unpaired) electrons. The number of rotatable bonds is 11. The number of azo groups is 1. The predicted molar refractivity (Wildman–Crippen MR) is 145 cm³/mol. The highest BCUT2D eigenvalue weighted by Crippen LogP contribution is 2.35. The Morgan fingerprint density at radius 3 is 2.00 bits per heavy atom. The molecule has 0 bridgehead atoms. The summed E-state index contributed by atoms with van der Waals surface area (Å²) in [5.41, 5.74) is 6.98. The summed E-state index contributed by atoms with van der Waals surface area (Å²) in [4.78, 5) is -1.00. The van der Waals surface area contributed by atoms with Gasteiger partial charge in [0.2, 0.25) is 0 Å². The van der Waals surface area contributed by atoms with Crippen LogP contribution in [0.4, 0.5) is 28.4 Å². The van der Waals surface area contributed by atoms with Crippen LogP contribution in [0.3, 0.4) is 0 Å². The second-order valence-corrected chi connectivity index (χ2v) is 12.7. The quantitative estimate of drug-likeness (QED) is 0.0519. The molecule has 15 nitrogen and oxygen atoms in total. The van der Waals surface area contributed by atoms with Crippen molar-refractivity contribution in [2.75, 3.05) is 23.1 Å². The molecule has 18 heteroatoms. The molecule has 3 aromatic carbocycles. The lowest BCUT2D eigenvalue weighted by Gasteiger charge is -2.20. The van der Waals surface area contributed by atoms with Gasteiger partial charge in [-0.3, -0.25) is 18.7 Å². The van der Waals surface area contributed by atoms with Crippen molar-refractivity contribution in [2.45, 2.75) is 23.1 Å². The first-order valence-corrected chi connectivity index (χ1v) is 15.6. The van der Waals surface area contributed by atoms with E-state index in [1.165, 1.54) is 36.4 Å². The summed E-state index contributed by atoms with van der Waals surface area (Å²) < 4.78 is 102. The van der Waals surface area contributed by atoms with Gasteiger partial charge in [0, 0.05) is 6.07 Å². The Hall–Kier alpha value is -3.65. The molecule has 3 rings (SSSR count). The molecule has 3 aromatic rings. The summed E-state index contributed by atoms with van der Waals surface area (Å²) in [7, 11) is -13.4. The van der Waals surface area contributed by atoms with Gasteiger partial charge in [-0.15, -0.1) is 5.11 Å². The van der Waals surface area contributed by atoms with Crippen molar-refractivity contribution in [3.8, 4) is 5.75 Å². The van der Waals surface area contributed by atoms with E-state index >= 15 is 0 Å². The molecule has 0 aliphatic carbocycles. The third-order valence-corrected chi connectivity index (χ3v) is 7.87. The highest BCUT2D eigenvalue weighted by molar-refractivity contribution is 7.86. The minimum absolute atomic E-state index is 0.00406. The molecule has 0 saturated carbocycles. The lowest BCUT2D eigenvalue weighted by molar-refractivity contribution is 0.318. The molecular formula is C22H25N5O10S3. The van der Waals surface area contributed by atoms with Crippen LogP contribution in [0.15, 0.2) is 74.6 Å². The monoisotopic (exact) mass is 615 g/mol. The van der Waals surface area contributed by atoms with Crippen LogP contribution in [0.5, 0.6) is 5.75 Å². The fourth-order valence-corrected chi connectivity index (χ4v) is 4.94. The minimum Gasteiger partial charge on any atom is -0.491 e. The fraction of sp³-hybridized carbons (Fsp3) is 0.182. The largest absolute Gasteiger partial charge is 0.491 e. The molecular weight excluding hydrogens is 590 g/mol. The number of ether oxygens (including phenoxy) is 1. The van der Waals surface area contributed by atoms with E-state index in [2.05, 4.69) is 10.2 Å². The van der Waals surface area contributed by atoms with Crippen molar-refractivity contribution in [3.63, 3.8) is 0 Å². The first-order chi connectivity index (χ1) is 18.5. The van der Waals surface area contributed by atoms with E-state index < -0.39 is 41.0 Å². The third kappa shape index (κ3) is 8.18. The summed E-state index contributed by atoms with van der Waals surface area (Å²) in [6.07, 6.45) is -0.00406. The van der Waals surface area contributed by atoms with E-state index in [9.17, 15) is 29.8 Å².